The quantitative estimate of drug-likeness (QED) is 0.640. The first-order valence-electron chi connectivity index (χ1n) is 7.83. The molecule has 1 amide bonds. The molecular weight excluding hydrogens is 268 g/mol. The van der Waals surface area contributed by atoms with Crippen LogP contribution < -0.4 is 11.1 Å². The minimum Gasteiger partial charge on any atom is -0.396 e. The molecule has 0 spiro atoms. The van der Waals surface area contributed by atoms with Gasteiger partial charge in [-0.3, -0.25) is 9.89 Å². The lowest BCUT2D eigenvalue weighted by Gasteiger charge is -2.35. The van der Waals surface area contributed by atoms with Crippen LogP contribution in [0, 0.1) is 5.41 Å². The molecule has 0 aromatic carbocycles. The summed E-state index contributed by atoms with van der Waals surface area (Å²) >= 11 is 0. The number of hydrogen-bond acceptors (Lipinski definition) is 4. The predicted molar refractivity (Wildman–Crippen MR) is 81.9 cm³/mol. The first-order chi connectivity index (χ1) is 10.1. The highest BCUT2D eigenvalue weighted by molar-refractivity contribution is 5.97. The number of hydrogen-bond donors (Lipinski definition) is 4. The minimum absolute atomic E-state index is 0.115. The molecule has 0 unspecified atom stereocenters. The molecule has 118 valence electrons. The van der Waals surface area contributed by atoms with E-state index in [1.54, 1.807) is 0 Å². The maximum absolute atomic E-state index is 12.2. The van der Waals surface area contributed by atoms with Crippen molar-refractivity contribution >= 4 is 11.6 Å². The fourth-order valence-corrected chi connectivity index (χ4v) is 3.04. The molecule has 1 heterocycles. The lowest BCUT2D eigenvalue weighted by molar-refractivity contribution is 0.0716. The highest BCUT2D eigenvalue weighted by atomic mass is 16.3. The van der Waals surface area contributed by atoms with E-state index in [1.807, 2.05) is 6.92 Å². The number of carbonyl (C=O) groups is 1. The van der Waals surface area contributed by atoms with Gasteiger partial charge in [0.25, 0.3) is 5.91 Å². The van der Waals surface area contributed by atoms with Gasteiger partial charge in [-0.25, -0.2) is 0 Å². The van der Waals surface area contributed by atoms with E-state index in [0.29, 0.717) is 12.2 Å². The van der Waals surface area contributed by atoms with Crippen LogP contribution in [-0.2, 0) is 6.42 Å². The van der Waals surface area contributed by atoms with Gasteiger partial charge in [0.15, 0.2) is 5.69 Å². The zero-order chi connectivity index (χ0) is 15.3. The average Bonchev–Trinajstić information content (AvgIpc) is 2.87. The number of aliphatic hydroxyl groups excluding tert-OH is 1. The third-order valence-corrected chi connectivity index (χ3v) is 4.47. The van der Waals surface area contributed by atoms with Crippen molar-refractivity contribution in [3.05, 3.63) is 11.4 Å². The van der Waals surface area contributed by atoms with Crippen LogP contribution in [0.3, 0.4) is 0 Å². The van der Waals surface area contributed by atoms with Gasteiger partial charge in [0.05, 0.1) is 18.0 Å². The number of nitrogens with two attached hydrogens (primary N) is 1. The number of nitrogen functional groups attached to an aromatic ring is 1. The van der Waals surface area contributed by atoms with Crippen molar-refractivity contribution in [2.45, 2.75) is 51.9 Å². The lowest BCUT2D eigenvalue weighted by atomic mass is 9.74. The predicted octanol–water partition coefficient (Wildman–Crippen LogP) is 1.62. The topological polar surface area (TPSA) is 104 Å². The maximum Gasteiger partial charge on any atom is 0.273 e. The summed E-state index contributed by atoms with van der Waals surface area (Å²) in [4.78, 5) is 12.2. The minimum atomic E-state index is -0.260. The molecule has 5 N–H and O–H groups in total. The monoisotopic (exact) mass is 294 g/mol. The molecule has 2 rings (SSSR count). The molecule has 0 saturated heterocycles. The van der Waals surface area contributed by atoms with E-state index in [0.717, 1.165) is 44.2 Å². The summed E-state index contributed by atoms with van der Waals surface area (Å²) in [5.74, 6) is -0.260. The van der Waals surface area contributed by atoms with Gasteiger partial charge >= 0.3 is 0 Å². The summed E-state index contributed by atoms with van der Waals surface area (Å²) in [5, 5.41) is 19.4. The number of H-pyrrole nitrogens is 1. The standard InChI is InChI=1S/C15H26N4O2/c1-2-6-11-12(16)13(19-18-11)14(21)17-9-15(10-20)7-4-3-5-8-15/h20H,2-10,16H2,1H3,(H,17,21)(H,18,19). The van der Waals surface area contributed by atoms with Crippen molar-refractivity contribution in [2.75, 3.05) is 18.9 Å². The van der Waals surface area contributed by atoms with Gasteiger partial charge < -0.3 is 16.2 Å². The van der Waals surface area contributed by atoms with E-state index in [4.69, 9.17) is 5.73 Å². The molecule has 1 aromatic heterocycles. The zero-order valence-corrected chi connectivity index (χ0v) is 12.7. The Morgan fingerprint density at radius 3 is 2.76 bits per heavy atom. The SMILES string of the molecule is CCCc1[nH]nc(C(=O)NCC2(CO)CCCCC2)c1N. The molecule has 0 bridgehead atoms. The van der Waals surface area contributed by atoms with Crippen molar-refractivity contribution < 1.29 is 9.90 Å². The van der Waals surface area contributed by atoms with Crippen LogP contribution in [0.2, 0.25) is 0 Å². The highest BCUT2D eigenvalue weighted by Gasteiger charge is 2.32. The van der Waals surface area contributed by atoms with E-state index >= 15 is 0 Å². The number of carbonyl (C=O) groups excluding carboxylic acids is 1. The molecule has 6 nitrogen and oxygen atoms in total. The second-order valence-corrected chi connectivity index (χ2v) is 6.12. The largest absolute Gasteiger partial charge is 0.396 e. The van der Waals surface area contributed by atoms with E-state index in [1.165, 1.54) is 6.42 Å². The van der Waals surface area contributed by atoms with Crippen molar-refractivity contribution in [1.82, 2.24) is 15.5 Å². The number of rotatable bonds is 6. The fourth-order valence-electron chi connectivity index (χ4n) is 3.04. The van der Waals surface area contributed by atoms with Crippen LogP contribution >= 0.6 is 0 Å². The zero-order valence-electron chi connectivity index (χ0n) is 12.7. The molecular formula is C15H26N4O2. The lowest BCUT2D eigenvalue weighted by Crippen LogP contribution is -2.41. The number of aromatic amines is 1. The molecule has 0 atom stereocenters. The van der Waals surface area contributed by atoms with Gasteiger partial charge in [-0.1, -0.05) is 32.6 Å². The smallest absolute Gasteiger partial charge is 0.273 e. The molecule has 1 fully saturated rings. The number of aryl methyl sites for hydroxylation is 1. The third kappa shape index (κ3) is 3.56. The molecule has 1 aromatic rings. The van der Waals surface area contributed by atoms with Crippen LogP contribution in [0.1, 0.15) is 61.6 Å². The summed E-state index contributed by atoms with van der Waals surface area (Å²) in [5.41, 5.74) is 7.31. The number of nitrogens with one attached hydrogen (secondary N) is 2. The van der Waals surface area contributed by atoms with Crippen molar-refractivity contribution in [3.8, 4) is 0 Å². The fraction of sp³-hybridized carbons (Fsp3) is 0.733. The van der Waals surface area contributed by atoms with E-state index in [2.05, 4.69) is 15.5 Å². The van der Waals surface area contributed by atoms with Crippen LogP contribution in [0.4, 0.5) is 5.69 Å². The van der Waals surface area contributed by atoms with Crippen molar-refractivity contribution in [3.63, 3.8) is 0 Å². The molecule has 1 aliphatic carbocycles. The Morgan fingerprint density at radius 1 is 1.43 bits per heavy atom. The highest BCUT2D eigenvalue weighted by Crippen LogP contribution is 2.35. The Kier molecular flexibility index (Phi) is 5.22. The number of anilines is 1. The molecule has 0 aliphatic heterocycles. The Bertz CT molecular complexity index is 478. The summed E-state index contributed by atoms with van der Waals surface area (Å²) in [6, 6.07) is 0. The van der Waals surface area contributed by atoms with Crippen LogP contribution in [-0.4, -0.2) is 34.4 Å². The van der Waals surface area contributed by atoms with Gasteiger partial charge in [-0.15, -0.1) is 0 Å². The molecule has 1 aliphatic rings. The number of aromatic nitrogens is 2. The maximum atomic E-state index is 12.2. The number of nitrogens with zero attached hydrogens (tertiary/aromatic N) is 1. The summed E-state index contributed by atoms with van der Waals surface area (Å²) in [6.45, 7) is 2.65. The summed E-state index contributed by atoms with van der Waals surface area (Å²) in [7, 11) is 0. The molecule has 0 radical (unpaired) electrons. The van der Waals surface area contributed by atoms with Gasteiger partial charge in [0.1, 0.15) is 0 Å². The molecule has 21 heavy (non-hydrogen) atoms. The number of aliphatic hydroxyl groups is 1. The van der Waals surface area contributed by atoms with Gasteiger partial charge in [0, 0.05) is 12.0 Å². The van der Waals surface area contributed by atoms with E-state index in [-0.39, 0.29) is 23.6 Å². The van der Waals surface area contributed by atoms with E-state index in [9.17, 15) is 9.90 Å². The normalized spacial score (nSPS) is 17.6. The Balaban J connectivity index is 1.98. The van der Waals surface area contributed by atoms with Crippen LogP contribution in [0.15, 0.2) is 0 Å². The Morgan fingerprint density at radius 2 is 2.14 bits per heavy atom. The Labute approximate surface area is 125 Å². The van der Waals surface area contributed by atoms with E-state index < -0.39 is 0 Å². The van der Waals surface area contributed by atoms with Gasteiger partial charge in [-0.05, 0) is 19.3 Å². The average molecular weight is 294 g/mol. The summed E-state index contributed by atoms with van der Waals surface area (Å²) < 4.78 is 0. The first-order valence-corrected chi connectivity index (χ1v) is 7.83. The molecule has 1 saturated carbocycles. The van der Waals surface area contributed by atoms with Gasteiger partial charge in [-0.2, -0.15) is 5.10 Å². The number of amides is 1. The van der Waals surface area contributed by atoms with Crippen LogP contribution in [0.25, 0.3) is 0 Å². The van der Waals surface area contributed by atoms with Crippen molar-refractivity contribution in [1.29, 1.82) is 0 Å². The first kappa shape index (κ1) is 15.8. The Hall–Kier alpha value is -1.56. The second-order valence-electron chi connectivity index (χ2n) is 6.12. The van der Waals surface area contributed by atoms with Crippen molar-refractivity contribution in [2.24, 2.45) is 5.41 Å². The third-order valence-electron chi connectivity index (χ3n) is 4.47. The van der Waals surface area contributed by atoms with Crippen LogP contribution in [0.5, 0.6) is 0 Å². The second kappa shape index (κ2) is 6.93. The summed E-state index contributed by atoms with van der Waals surface area (Å²) in [6.07, 6.45) is 7.08. The molecule has 6 heteroatoms. The van der Waals surface area contributed by atoms with Gasteiger partial charge in [0.2, 0.25) is 0 Å².